The minimum absolute atomic E-state index is 0.0168. The van der Waals surface area contributed by atoms with E-state index in [1.807, 2.05) is 12.1 Å². The normalized spacial score (nSPS) is 12.2. The van der Waals surface area contributed by atoms with Crippen LogP contribution < -0.4 is 27.1 Å². The van der Waals surface area contributed by atoms with E-state index in [1.54, 1.807) is 56.3 Å². The first kappa shape index (κ1) is 26.3. The Morgan fingerprint density at radius 1 is 1.11 bits per heavy atom. The molecule has 0 spiro atoms. The second-order valence-corrected chi connectivity index (χ2v) is 9.18. The Labute approximate surface area is 218 Å². The van der Waals surface area contributed by atoms with Crippen LogP contribution in [0.1, 0.15) is 31.3 Å². The molecule has 0 fully saturated rings. The summed E-state index contributed by atoms with van der Waals surface area (Å²) >= 11 is 0. The highest BCUT2D eigenvalue weighted by Crippen LogP contribution is 2.28. The van der Waals surface area contributed by atoms with Crippen molar-refractivity contribution in [3.8, 4) is 17.5 Å². The number of nitrogen functional groups attached to an aromatic ring is 2. The first-order chi connectivity index (χ1) is 18.2. The molecule has 2 heterocycles. The van der Waals surface area contributed by atoms with Gasteiger partial charge in [0, 0.05) is 5.41 Å². The molecule has 2 aromatic heterocycles. The van der Waals surface area contributed by atoms with Crippen molar-refractivity contribution in [2.75, 3.05) is 36.6 Å². The molecule has 0 saturated carbocycles. The zero-order valence-electron chi connectivity index (χ0n) is 20.9. The Kier molecular flexibility index (Phi) is 7.43. The van der Waals surface area contributed by atoms with E-state index in [4.69, 9.17) is 21.2 Å². The molecule has 0 radical (unpaired) electrons. The van der Waals surface area contributed by atoms with E-state index in [-0.39, 0.29) is 54.1 Å². The van der Waals surface area contributed by atoms with Crippen molar-refractivity contribution in [2.24, 2.45) is 5.41 Å². The molecule has 12 nitrogen and oxygen atoms in total. The largest absolute Gasteiger partial charge is 0.492 e. The minimum atomic E-state index is -0.897. The van der Waals surface area contributed by atoms with Gasteiger partial charge in [0.25, 0.3) is 5.56 Å². The average Bonchev–Trinajstić information content (AvgIpc) is 2.91. The van der Waals surface area contributed by atoms with E-state index in [0.717, 1.165) is 0 Å². The van der Waals surface area contributed by atoms with Crippen LogP contribution in [0, 0.1) is 16.7 Å². The molecular formula is C26H28N8O4. The summed E-state index contributed by atoms with van der Waals surface area (Å²) in [7, 11) is 0. The van der Waals surface area contributed by atoms with Gasteiger partial charge in [-0.3, -0.25) is 9.36 Å². The number of rotatable bonds is 9. The summed E-state index contributed by atoms with van der Waals surface area (Å²) in [5.41, 5.74) is 11.3. The molecule has 1 unspecified atom stereocenters. The van der Waals surface area contributed by atoms with Gasteiger partial charge in [-0.05, 0) is 31.2 Å². The topological polar surface area (TPSA) is 198 Å². The van der Waals surface area contributed by atoms with Crippen molar-refractivity contribution in [2.45, 2.75) is 19.9 Å². The van der Waals surface area contributed by atoms with Crippen LogP contribution in [0.15, 0.2) is 53.3 Å². The van der Waals surface area contributed by atoms with E-state index in [0.29, 0.717) is 17.0 Å². The number of nitrogens with zero attached hydrogens (tertiary/aromatic N) is 5. The highest BCUT2D eigenvalue weighted by atomic mass is 16.5. The van der Waals surface area contributed by atoms with Crippen molar-refractivity contribution < 1.29 is 14.9 Å². The molecule has 0 saturated heterocycles. The second kappa shape index (κ2) is 10.7. The number of aliphatic hydroxyl groups is 2. The van der Waals surface area contributed by atoms with E-state index >= 15 is 0 Å². The zero-order valence-corrected chi connectivity index (χ0v) is 20.9. The lowest BCUT2D eigenvalue weighted by Gasteiger charge is -2.25. The van der Waals surface area contributed by atoms with E-state index in [2.05, 4.69) is 15.3 Å². The number of hydrogen-bond acceptors (Lipinski definition) is 11. The van der Waals surface area contributed by atoms with Crippen molar-refractivity contribution in [3.05, 3.63) is 70.3 Å². The van der Waals surface area contributed by atoms with Crippen LogP contribution in [0.3, 0.4) is 0 Å². The monoisotopic (exact) mass is 516 g/mol. The maximum atomic E-state index is 14.0. The summed E-state index contributed by atoms with van der Waals surface area (Å²) in [6, 6.07) is 15.3. The summed E-state index contributed by atoms with van der Waals surface area (Å²) in [5, 5.41) is 32.2. The fraction of sp³-hybridized carbons (Fsp3) is 0.269. The van der Waals surface area contributed by atoms with E-state index in [1.165, 1.54) is 4.57 Å². The number of anilines is 3. The first-order valence-electron chi connectivity index (χ1n) is 11.8. The van der Waals surface area contributed by atoms with Gasteiger partial charge >= 0.3 is 0 Å². The van der Waals surface area contributed by atoms with Gasteiger partial charge in [0.05, 0.1) is 37.1 Å². The molecule has 0 amide bonds. The third kappa shape index (κ3) is 5.06. The number of nitrogens with two attached hydrogens (primary N) is 2. The number of benzene rings is 2. The molecule has 4 aromatic rings. The van der Waals surface area contributed by atoms with E-state index < -0.39 is 17.0 Å². The number of para-hydroxylation sites is 1. The third-order valence-corrected chi connectivity index (χ3v) is 6.05. The minimum Gasteiger partial charge on any atom is -0.492 e. The number of ether oxygens (including phenoxy) is 1. The lowest BCUT2D eigenvalue weighted by atomic mass is 9.94. The molecule has 2 aromatic carbocycles. The smallest absolute Gasteiger partial charge is 0.269 e. The second-order valence-electron chi connectivity index (χ2n) is 9.18. The molecule has 7 N–H and O–H groups in total. The van der Waals surface area contributed by atoms with Crippen molar-refractivity contribution in [1.82, 2.24) is 19.5 Å². The number of fused-ring (bicyclic) bond motifs is 1. The zero-order chi connectivity index (χ0) is 27.4. The summed E-state index contributed by atoms with van der Waals surface area (Å²) in [5.74, 6) is 0.543. The Morgan fingerprint density at radius 2 is 1.82 bits per heavy atom. The van der Waals surface area contributed by atoms with Gasteiger partial charge in [-0.2, -0.15) is 15.2 Å². The van der Waals surface area contributed by atoms with Crippen LogP contribution in [-0.2, 0) is 0 Å². The van der Waals surface area contributed by atoms with Gasteiger partial charge in [-0.25, -0.2) is 4.98 Å². The molecule has 0 bridgehead atoms. The Balaban J connectivity index is 1.88. The van der Waals surface area contributed by atoms with Gasteiger partial charge in [-0.15, -0.1) is 0 Å². The molecule has 12 heteroatoms. The number of aliphatic hydroxyl groups excluding tert-OH is 2. The fourth-order valence-corrected chi connectivity index (χ4v) is 3.83. The van der Waals surface area contributed by atoms with Crippen LogP contribution in [0.4, 0.5) is 17.6 Å². The van der Waals surface area contributed by atoms with Crippen molar-refractivity contribution in [3.63, 3.8) is 0 Å². The molecule has 0 aliphatic carbocycles. The Morgan fingerprint density at radius 3 is 2.47 bits per heavy atom. The van der Waals surface area contributed by atoms with E-state index in [9.17, 15) is 20.3 Å². The number of aromatic nitrogens is 4. The summed E-state index contributed by atoms with van der Waals surface area (Å²) in [4.78, 5) is 26.7. The quantitative estimate of drug-likeness (QED) is 0.217. The Bertz CT molecular complexity index is 1560. The van der Waals surface area contributed by atoms with Gasteiger partial charge < -0.3 is 31.7 Å². The standard InChI is InChI=1S/C26H28N8O4/c1-15(30-22-17(11-27)21(28)32-25(29)33-22)23-31-18-9-6-10-19(38-14-26(2,12-35)13-36)20(18)24(37)34(23)16-7-4-3-5-8-16/h3-10,15,35-36H,12-14H2,1-2H3,(H5,28,29,30,32,33). The number of nitrogens with one attached hydrogen (secondary N) is 1. The molecule has 4 rings (SSSR count). The first-order valence-corrected chi connectivity index (χ1v) is 11.8. The van der Waals surface area contributed by atoms with Crippen LogP contribution in [-0.4, -0.2) is 49.6 Å². The highest BCUT2D eigenvalue weighted by molar-refractivity contribution is 5.84. The summed E-state index contributed by atoms with van der Waals surface area (Å²) in [6.45, 7) is 2.83. The van der Waals surface area contributed by atoms with Gasteiger partial charge in [-0.1, -0.05) is 31.2 Å². The average molecular weight is 517 g/mol. The Hall–Kier alpha value is -4.73. The molecule has 0 aliphatic rings. The summed E-state index contributed by atoms with van der Waals surface area (Å²) in [6.07, 6.45) is 0. The van der Waals surface area contributed by atoms with Crippen LogP contribution >= 0.6 is 0 Å². The lowest BCUT2D eigenvalue weighted by Crippen LogP contribution is -2.33. The molecule has 1 atom stereocenters. The van der Waals surface area contributed by atoms with Crippen LogP contribution in [0.2, 0.25) is 0 Å². The predicted molar refractivity (Wildman–Crippen MR) is 143 cm³/mol. The summed E-state index contributed by atoms with van der Waals surface area (Å²) < 4.78 is 7.37. The highest BCUT2D eigenvalue weighted by Gasteiger charge is 2.26. The fourth-order valence-electron chi connectivity index (χ4n) is 3.83. The van der Waals surface area contributed by atoms with Crippen LogP contribution in [0.25, 0.3) is 16.6 Å². The van der Waals surface area contributed by atoms with Gasteiger partial charge in [0.1, 0.15) is 34.4 Å². The van der Waals surface area contributed by atoms with Crippen molar-refractivity contribution in [1.29, 1.82) is 5.26 Å². The lowest BCUT2D eigenvalue weighted by molar-refractivity contribution is 0.0291. The molecule has 196 valence electrons. The maximum Gasteiger partial charge on any atom is 0.269 e. The van der Waals surface area contributed by atoms with Gasteiger partial charge in [0.2, 0.25) is 5.95 Å². The van der Waals surface area contributed by atoms with Crippen molar-refractivity contribution >= 4 is 28.5 Å². The SMILES string of the molecule is CC(Nc1nc(N)nc(N)c1C#N)c1nc2cccc(OCC(C)(CO)CO)c2c(=O)n1-c1ccccc1. The predicted octanol–water partition coefficient (Wildman–Crippen LogP) is 1.75. The van der Waals surface area contributed by atoms with Crippen LogP contribution in [0.5, 0.6) is 5.75 Å². The molecule has 0 aliphatic heterocycles. The maximum absolute atomic E-state index is 14.0. The molecular weight excluding hydrogens is 488 g/mol. The van der Waals surface area contributed by atoms with Gasteiger partial charge in [0.15, 0.2) is 5.82 Å². The molecule has 38 heavy (non-hydrogen) atoms. The third-order valence-electron chi connectivity index (χ3n) is 6.05. The number of hydrogen-bond donors (Lipinski definition) is 5. The number of nitriles is 1.